The standard InChI is InChI=1S/C22H25F3O/c1-26-15-14-16-6-8-17(9-7-16)20-4-2-3-5-21(20)18-10-12-19(13-11-18)22(23,24)25/h2-5,10-13,16-17H,6-9,14-15H2,1H3. The summed E-state index contributed by atoms with van der Waals surface area (Å²) < 4.78 is 43.6. The van der Waals surface area contributed by atoms with Crippen molar-refractivity contribution in [3.8, 4) is 11.1 Å². The Morgan fingerprint density at radius 2 is 1.58 bits per heavy atom. The Kier molecular flexibility index (Phi) is 6.02. The van der Waals surface area contributed by atoms with Gasteiger partial charge in [0, 0.05) is 13.7 Å². The van der Waals surface area contributed by atoms with Crippen LogP contribution in [0.5, 0.6) is 0 Å². The highest BCUT2D eigenvalue weighted by atomic mass is 19.4. The fraction of sp³-hybridized carbons (Fsp3) is 0.455. The van der Waals surface area contributed by atoms with Crippen molar-refractivity contribution in [2.45, 2.75) is 44.2 Å². The van der Waals surface area contributed by atoms with Crippen LogP contribution in [0, 0.1) is 5.92 Å². The average Bonchev–Trinajstić information content (AvgIpc) is 2.66. The highest BCUT2D eigenvalue weighted by molar-refractivity contribution is 5.68. The third kappa shape index (κ3) is 4.47. The van der Waals surface area contributed by atoms with Gasteiger partial charge in [-0.05, 0) is 72.8 Å². The number of alkyl halides is 3. The molecule has 0 spiro atoms. The van der Waals surface area contributed by atoms with Crippen LogP contribution in [-0.2, 0) is 10.9 Å². The van der Waals surface area contributed by atoms with Gasteiger partial charge in [-0.2, -0.15) is 13.2 Å². The number of benzene rings is 2. The van der Waals surface area contributed by atoms with E-state index in [9.17, 15) is 13.2 Å². The summed E-state index contributed by atoms with van der Waals surface area (Å²) in [7, 11) is 1.74. The molecule has 0 heterocycles. The van der Waals surface area contributed by atoms with E-state index in [1.165, 1.54) is 30.5 Å². The number of methoxy groups -OCH3 is 1. The second-order valence-corrected chi connectivity index (χ2v) is 7.16. The van der Waals surface area contributed by atoms with E-state index >= 15 is 0 Å². The molecule has 1 aliphatic rings. The molecule has 4 heteroatoms. The largest absolute Gasteiger partial charge is 0.416 e. The van der Waals surface area contributed by atoms with Crippen LogP contribution in [0.4, 0.5) is 13.2 Å². The molecule has 3 rings (SSSR count). The Hall–Kier alpha value is -1.81. The number of hydrogen-bond donors (Lipinski definition) is 0. The van der Waals surface area contributed by atoms with Crippen molar-refractivity contribution in [2.75, 3.05) is 13.7 Å². The maximum absolute atomic E-state index is 12.8. The first-order valence-corrected chi connectivity index (χ1v) is 9.24. The normalized spacial score (nSPS) is 20.9. The van der Waals surface area contributed by atoms with Crippen LogP contribution in [0.25, 0.3) is 11.1 Å². The van der Waals surface area contributed by atoms with E-state index < -0.39 is 11.7 Å². The molecule has 0 amide bonds. The van der Waals surface area contributed by atoms with Gasteiger partial charge in [-0.15, -0.1) is 0 Å². The van der Waals surface area contributed by atoms with E-state index in [1.807, 2.05) is 18.2 Å². The van der Waals surface area contributed by atoms with E-state index in [0.717, 1.165) is 42.9 Å². The van der Waals surface area contributed by atoms with Gasteiger partial charge in [-0.1, -0.05) is 36.4 Å². The van der Waals surface area contributed by atoms with Crippen LogP contribution in [-0.4, -0.2) is 13.7 Å². The lowest BCUT2D eigenvalue weighted by molar-refractivity contribution is -0.137. The van der Waals surface area contributed by atoms with Crippen LogP contribution in [0.3, 0.4) is 0 Å². The molecule has 0 radical (unpaired) electrons. The van der Waals surface area contributed by atoms with E-state index in [-0.39, 0.29) is 0 Å². The lowest BCUT2D eigenvalue weighted by Gasteiger charge is -2.30. The first-order chi connectivity index (χ1) is 12.5. The lowest BCUT2D eigenvalue weighted by atomic mass is 9.76. The summed E-state index contributed by atoms with van der Waals surface area (Å²) in [5.74, 6) is 1.21. The van der Waals surface area contributed by atoms with Gasteiger partial charge in [-0.3, -0.25) is 0 Å². The van der Waals surface area contributed by atoms with Gasteiger partial charge >= 0.3 is 6.18 Å². The van der Waals surface area contributed by atoms with E-state index in [1.54, 1.807) is 19.2 Å². The number of rotatable bonds is 5. The Bertz CT molecular complexity index is 698. The number of halogens is 3. The van der Waals surface area contributed by atoms with Crippen molar-refractivity contribution in [1.29, 1.82) is 0 Å². The summed E-state index contributed by atoms with van der Waals surface area (Å²) in [6, 6.07) is 13.7. The van der Waals surface area contributed by atoms with Gasteiger partial charge in [0.05, 0.1) is 5.56 Å². The quantitative estimate of drug-likeness (QED) is 0.576. The summed E-state index contributed by atoms with van der Waals surface area (Å²) in [4.78, 5) is 0. The zero-order chi connectivity index (χ0) is 18.6. The molecule has 26 heavy (non-hydrogen) atoms. The molecule has 0 N–H and O–H groups in total. The Morgan fingerprint density at radius 3 is 2.19 bits per heavy atom. The average molecular weight is 362 g/mol. The first kappa shape index (κ1) is 19.0. The summed E-state index contributed by atoms with van der Waals surface area (Å²) in [5, 5.41) is 0. The van der Waals surface area contributed by atoms with E-state index in [2.05, 4.69) is 6.07 Å². The van der Waals surface area contributed by atoms with Gasteiger partial charge in [0.15, 0.2) is 0 Å². The second kappa shape index (κ2) is 8.26. The molecule has 140 valence electrons. The SMILES string of the molecule is COCCC1CCC(c2ccccc2-c2ccc(C(F)(F)F)cc2)CC1. The first-order valence-electron chi connectivity index (χ1n) is 9.24. The van der Waals surface area contributed by atoms with Crippen molar-refractivity contribution < 1.29 is 17.9 Å². The molecule has 1 fully saturated rings. The molecule has 1 saturated carbocycles. The number of hydrogen-bond acceptors (Lipinski definition) is 1. The molecule has 2 aromatic rings. The minimum absolute atomic E-state index is 0.479. The van der Waals surface area contributed by atoms with Crippen LogP contribution < -0.4 is 0 Å². The highest BCUT2D eigenvalue weighted by Gasteiger charge is 2.30. The van der Waals surface area contributed by atoms with Crippen molar-refractivity contribution in [3.05, 3.63) is 59.7 Å². The molecule has 0 atom stereocenters. The van der Waals surface area contributed by atoms with E-state index in [0.29, 0.717) is 5.92 Å². The zero-order valence-corrected chi connectivity index (χ0v) is 15.1. The van der Waals surface area contributed by atoms with Gasteiger partial charge < -0.3 is 4.74 Å². The van der Waals surface area contributed by atoms with E-state index in [4.69, 9.17) is 4.74 Å². The van der Waals surface area contributed by atoms with Crippen LogP contribution >= 0.6 is 0 Å². The Morgan fingerprint density at radius 1 is 0.923 bits per heavy atom. The topological polar surface area (TPSA) is 9.23 Å². The predicted octanol–water partition coefficient (Wildman–Crippen LogP) is 6.68. The molecule has 0 saturated heterocycles. The second-order valence-electron chi connectivity index (χ2n) is 7.16. The maximum Gasteiger partial charge on any atom is 0.416 e. The summed E-state index contributed by atoms with van der Waals surface area (Å²) in [5.41, 5.74) is 2.58. The monoisotopic (exact) mass is 362 g/mol. The molecule has 2 aromatic carbocycles. The smallest absolute Gasteiger partial charge is 0.385 e. The molecule has 0 bridgehead atoms. The molecular formula is C22H25F3O. The van der Waals surface area contributed by atoms with Gasteiger partial charge in [-0.25, -0.2) is 0 Å². The summed E-state index contributed by atoms with van der Waals surface area (Å²) >= 11 is 0. The van der Waals surface area contributed by atoms with Crippen LogP contribution in [0.2, 0.25) is 0 Å². The molecule has 0 aromatic heterocycles. The van der Waals surface area contributed by atoms with Crippen molar-refractivity contribution in [2.24, 2.45) is 5.92 Å². The van der Waals surface area contributed by atoms with Crippen molar-refractivity contribution >= 4 is 0 Å². The third-order valence-electron chi connectivity index (χ3n) is 5.50. The highest BCUT2D eigenvalue weighted by Crippen LogP contribution is 2.41. The fourth-order valence-electron chi connectivity index (χ4n) is 4.00. The predicted molar refractivity (Wildman–Crippen MR) is 98.1 cm³/mol. The zero-order valence-electron chi connectivity index (χ0n) is 15.1. The molecule has 0 unspecified atom stereocenters. The van der Waals surface area contributed by atoms with Crippen molar-refractivity contribution in [3.63, 3.8) is 0 Å². The molecule has 0 aliphatic heterocycles. The molecule has 1 aliphatic carbocycles. The summed E-state index contributed by atoms with van der Waals surface area (Å²) in [6.07, 6.45) is 1.46. The Balaban J connectivity index is 1.77. The Labute approximate surface area is 153 Å². The van der Waals surface area contributed by atoms with Gasteiger partial charge in [0.2, 0.25) is 0 Å². The number of ether oxygens (including phenoxy) is 1. The fourth-order valence-corrected chi connectivity index (χ4v) is 4.00. The van der Waals surface area contributed by atoms with Crippen LogP contribution in [0.15, 0.2) is 48.5 Å². The minimum Gasteiger partial charge on any atom is -0.385 e. The van der Waals surface area contributed by atoms with Gasteiger partial charge in [0.25, 0.3) is 0 Å². The third-order valence-corrected chi connectivity index (χ3v) is 5.50. The van der Waals surface area contributed by atoms with Gasteiger partial charge in [0.1, 0.15) is 0 Å². The molecule has 1 nitrogen and oxygen atoms in total. The summed E-state index contributed by atoms with van der Waals surface area (Å²) in [6.45, 7) is 0.817. The lowest BCUT2D eigenvalue weighted by Crippen LogP contribution is -2.15. The maximum atomic E-state index is 12.8. The molecular weight excluding hydrogens is 337 g/mol. The van der Waals surface area contributed by atoms with Crippen LogP contribution in [0.1, 0.15) is 49.1 Å². The minimum atomic E-state index is -4.29. The van der Waals surface area contributed by atoms with Crippen molar-refractivity contribution in [1.82, 2.24) is 0 Å².